The molecule has 0 amide bonds. The number of rotatable bonds is 3. The predicted molar refractivity (Wildman–Crippen MR) is 73.5 cm³/mol. The molecule has 0 aliphatic carbocycles. The first-order valence-electron chi connectivity index (χ1n) is 6.83. The number of hydrogen-bond donors (Lipinski definition) is 1. The largest absolute Gasteiger partial charge is 0.317 e. The van der Waals surface area contributed by atoms with Gasteiger partial charge in [0, 0.05) is 18.9 Å². The second kappa shape index (κ2) is 5.48. The van der Waals surface area contributed by atoms with Crippen LogP contribution in [0.2, 0.25) is 0 Å². The molecule has 1 aliphatic rings. The van der Waals surface area contributed by atoms with Crippen LogP contribution in [0.5, 0.6) is 0 Å². The molecule has 1 saturated heterocycles. The second-order valence-corrected chi connectivity index (χ2v) is 5.13. The number of aryl methyl sites for hydroxylation is 1. The van der Waals surface area contributed by atoms with Crippen molar-refractivity contribution >= 4 is 0 Å². The Labute approximate surface area is 113 Å². The van der Waals surface area contributed by atoms with Gasteiger partial charge < -0.3 is 5.32 Å². The van der Waals surface area contributed by atoms with Gasteiger partial charge in [-0.15, -0.1) is 0 Å². The van der Waals surface area contributed by atoms with E-state index in [-0.39, 0.29) is 0 Å². The van der Waals surface area contributed by atoms with E-state index in [1.807, 2.05) is 17.8 Å². The average molecular weight is 257 g/mol. The molecule has 0 aromatic carbocycles. The summed E-state index contributed by atoms with van der Waals surface area (Å²) in [5.41, 5.74) is 3.13. The van der Waals surface area contributed by atoms with Gasteiger partial charge in [-0.05, 0) is 50.4 Å². The summed E-state index contributed by atoms with van der Waals surface area (Å²) >= 11 is 0. The lowest BCUT2D eigenvalue weighted by atomic mass is 9.93. The number of nitrogens with zero attached hydrogens (tertiary/aromatic N) is 4. The first-order chi connectivity index (χ1) is 9.33. The molecule has 0 radical (unpaired) electrons. The van der Waals surface area contributed by atoms with Crippen LogP contribution in [0, 0.1) is 5.92 Å². The summed E-state index contributed by atoms with van der Waals surface area (Å²) in [5.74, 6) is 0.746. The molecule has 3 heterocycles. The van der Waals surface area contributed by atoms with Gasteiger partial charge >= 0.3 is 0 Å². The van der Waals surface area contributed by atoms with Gasteiger partial charge in [-0.3, -0.25) is 4.68 Å². The Morgan fingerprint density at radius 3 is 2.89 bits per heavy atom. The minimum atomic E-state index is 0.746. The van der Waals surface area contributed by atoms with E-state index in [1.165, 1.54) is 12.8 Å². The zero-order valence-corrected chi connectivity index (χ0v) is 11.2. The lowest BCUT2D eigenvalue weighted by Crippen LogP contribution is -2.28. The van der Waals surface area contributed by atoms with Crippen LogP contribution in [0.15, 0.2) is 24.7 Å². The number of hydrogen-bond acceptors (Lipinski definition) is 4. The predicted octanol–water partition coefficient (Wildman–Crippen LogP) is 1.42. The van der Waals surface area contributed by atoms with Crippen LogP contribution in [0.3, 0.4) is 0 Å². The van der Waals surface area contributed by atoms with E-state index >= 15 is 0 Å². The van der Waals surface area contributed by atoms with Crippen molar-refractivity contribution < 1.29 is 0 Å². The highest BCUT2D eigenvalue weighted by Gasteiger charge is 2.15. The maximum Gasteiger partial charge on any atom is 0.116 e. The molecule has 3 rings (SSSR count). The molecule has 0 saturated carbocycles. The molecule has 100 valence electrons. The fourth-order valence-corrected chi connectivity index (χ4v) is 2.66. The van der Waals surface area contributed by atoms with Crippen molar-refractivity contribution in [2.45, 2.75) is 19.3 Å². The molecule has 1 aliphatic heterocycles. The van der Waals surface area contributed by atoms with Gasteiger partial charge in [0.2, 0.25) is 0 Å². The number of piperidine rings is 1. The van der Waals surface area contributed by atoms with Crippen molar-refractivity contribution in [3.05, 3.63) is 30.4 Å². The van der Waals surface area contributed by atoms with Gasteiger partial charge in [0.1, 0.15) is 6.33 Å². The fraction of sp³-hybridized carbons (Fsp3) is 0.500. The summed E-state index contributed by atoms with van der Waals surface area (Å²) in [4.78, 5) is 8.76. The summed E-state index contributed by atoms with van der Waals surface area (Å²) in [5, 5.41) is 7.58. The number of aromatic nitrogens is 4. The van der Waals surface area contributed by atoms with E-state index < -0.39 is 0 Å². The molecule has 2 aromatic heterocycles. The Hall–Kier alpha value is -1.75. The monoisotopic (exact) mass is 257 g/mol. The Bertz CT molecular complexity index is 542. The van der Waals surface area contributed by atoms with Gasteiger partial charge in [-0.2, -0.15) is 5.10 Å². The van der Waals surface area contributed by atoms with Crippen LogP contribution in [0.25, 0.3) is 11.4 Å². The van der Waals surface area contributed by atoms with E-state index in [0.29, 0.717) is 0 Å². The lowest BCUT2D eigenvalue weighted by Gasteiger charge is -2.22. The van der Waals surface area contributed by atoms with Crippen LogP contribution < -0.4 is 5.32 Å². The first kappa shape index (κ1) is 12.3. The van der Waals surface area contributed by atoms with E-state index in [2.05, 4.69) is 26.4 Å². The van der Waals surface area contributed by atoms with Gasteiger partial charge in [0.05, 0.1) is 11.4 Å². The lowest BCUT2D eigenvalue weighted by molar-refractivity contribution is 0.370. The minimum absolute atomic E-state index is 0.746. The van der Waals surface area contributed by atoms with E-state index in [4.69, 9.17) is 0 Å². The highest BCUT2D eigenvalue weighted by molar-refractivity contribution is 5.53. The molecule has 0 bridgehead atoms. The van der Waals surface area contributed by atoms with E-state index in [9.17, 15) is 0 Å². The van der Waals surface area contributed by atoms with E-state index in [0.717, 1.165) is 42.5 Å². The molecule has 5 heteroatoms. The smallest absolute Gasteiger partial charge is 0.116 e. The topological polar surface area (TPSA) is 55.6 Å². The van der Waals surface area contributed by atoms with Crippen molar-refractivity contribution in [2.24, 2.45) is 13.0 Å². The summed E-state index contributed by atoms with van der Waals surface area (Å²) in [6.07, 6.45) is 6.99. The van der Waals surface area contributed by atoms with Crippen molar-refractivity contribution in [3.8, 4) is 11.4 Å². The van der Waals surface area contributed by atoms with Crippen molar-refractivity contribution in [2.75, 3.05) is 13.1 Å². The van der Waals surface area contributed by atoms with Gasteiger partial charge in [-0.1, -0.05) is 0 Å². The molecule has 2 aromatic rings. The quantitative estimate of drug-likeness (QED) is 0.903. The third-order valence-corrected chi connectivity index (χ3v) is 3.76. The van der Waals surface area contributed by atoms with Crippen molar-refractivity contribution in [1.82, 2.24) is 25.1 Å². The summed E-state index contributed by atoms with van der Waals surface area (Å²) in [6.45, 7) is 2.26. The summed E-state index contributed by atoms with van der Waals surface area (Å²) in [6, 6.07) is 4.08. The molecule has 0 unspecified atom stereocenters. The van der Waals surface area contributed by atoms with Crippen molar-refractivity contribution in [1.29, 1.82) is 0 Å². The average Bonchev–Trinajstić information content (AvgIpc) is 2.86. The van der Waals surface area contributed by atoms with Crippen molar-refractivity contribution in [3.63, 3.8) is 0 Å². The van der Waals surface area contributed by atoms with Gasteiger partial charge in [0.15, 0.2) is 0 Å². The molecular weight excluding hydrogens is 238 g/mol. The van der Waals surface area contributed by atoms with Gasteiger partial charge in [0.25, 0.3) is 0 Å². The van der Waals surface area contributed by atoms with Crippen LogP contribution in [-0.2, 0) is 13.5 Å². The van der Waals surface area contributed by atoms with Crippen LogP contribution >= 0.6 is 0 Å². The minimum Gasteiger partial charge on any atom is -0.317 e. The maximum absolute atomic E-state index is 4.41. The highest BCUT2D eigenvalue weighted by atomic mass is 15.3. The molecule has 1 N–H and O–H groups in total. The number of nitrogens with one attached hydrogen (secondary N) is 1. The molecule has 0 atom stereocenters. The Morgan fingerprint density at radius 1 is 1.32 bits per heavy atom. The van der Waals surface area contributed by atoms with Crippen LogP contribution in [0.4, 0.5) is 0 Å². The molecule has 1 fully saturated rings. The molecule has 19 heavy (non-hydrogen) atoms. The highest BCUT2D eigenvalue weighted by Crippen LogP contribution is 2.20. The maximum atomic E-state index is 4.41. The zero-order valence-electron chi connectivity index (χ0n) is 11.2. The van der Waals surface area contributed by atoms with Crippen LogP contribution in [-0.4, -0.2) is 32.8 Å². The molecule has 0 spiro atoms. The molecule has 5 nitrogen and oxygen atoms in total. The Kier molecular flexibility index (Phi) is 3.55. The molecular formula is C14H19N5. The standard InChI is InChI=1S/C14H19N5/c1-19-14(4-7-18-19)13-9-12(16-10-17-13)8-11-2-5-15-6-3-11/h4,7,9-11,15H,2-3,5-6,8H2,1H3. The van der Waals surface area contributed by atoms with Crippen LogP contribution in [0.1, 0.15) is 18.5 Å². The summed E-state index contributed by atoms with van der Waals surface area (Å²) < 4.78 is 1.84. The van der Waals surface area contributed by atoms with E-state index in [1.54, 1.807) is 12.5 Å². The zero-order chi connectivity index (χ0) is 13.1. The third-order valence-electron chi connectivity index (χ3n) is 3.76. The normalized spacial score (nSPS) is 16.7. The first-order valence-corrected chi connectivity index (χ1v) is 6.83. The Balaban J connectivity index is 1.78. The van der Waals surface area contributed by atoms with Gasteiger partial charge in [-0.25, -0.2) is 9.97 Å². The third kappa shape index (κ3) is 2.81. The second-order valence-electron chi connectivity index (χ2n) is 5.13. The fourth-order valence-electron chi connectivity index (χ4n) is 2.66. The SMILES string of the molecule is Cn1nccc1-c1cc(CC2CCNCC2)ncn1. The Morgan fingerprint density at radius 2 is 2.16 bits per heavy atom. The summed E-state index contributed by atoms with van der Waals surface area (Å²) in [7, 11) is 1.93.